The van der Waals surface area contributed by atoms with Crippen LogP contribution in [0.15, 0.2) is 35.5 Å². The van der Waals surface area contributed by atoms with Crippen molar-refractivity contribution >= 4 is 17.6 Å². The molecule has 2 aliphatic rings. The van der Waals surface area contributed by atoms with E-state index in [4.69, 9.17) is 9.47 Å². The average Bonchev–Trinajstić information content (AvgIpc) is 3.12. The van der Waals surface area contributed by atoms with Crippen LogP contribution in [0.1, 0.15) is 37.7 Å². The van der Waals surface area contributed by atoms with Crippen LogP contribution in [0.25, 0.3) is 0 Å². The zero-order chi connectivity index (χ0) is 18.7. The van der Waals surface area contributed by atoms with Crippen LogP contribution in [0.5, 0.6) is 0 Å². The van der Waals surface area contributed by atoms with Gasteiger partial charge in [-0.15, -0.1) is 0 Å². The minimum Gasteiger partial charge on any atom is -0.460 e. The number of hydrogen-bond donors (Lipinski definition) is 1. The van der Waals surface area contributed by atoms with Gasteiger partial charge in [-0.3, -0.25) is 14.9 Å². The highest BCUT2D eigenvalue weighted by atomic mass is 16.6. The first-order valence-electron chi connectivity index (χ1n) is 8.50. The van der Waals surface area contributed by atoms with Crippen molar-refractivity contribution in [3.63, 3.8) is 0 Å². The SMILES string of the molecule is CC1=C(C(=O)OC[C@@H]2CCCO2)[C@@H](c2ccccc2[N+](=O)[O-])CC(=O)N1. The molecule has 0 aliphatic carbocycles. The van der Waals surface area contributed by atoms with E-state index in [1.165, 1.54) is 6.07 Å². The summed E-state index contributed by atoms with van der Waals surface area (Å²) in [5.74, 6) is -1.59. The van der Waals surface area contributed by atoms with Gasteiger partial charge in [-0.25, -0.2) is 4.79 Å². The summed E-state index contributed by atoms with van der Waals surface area (Å²) < 4.78 is 10.8. The molecule has 1 amide bonds. The predicted molar refractivity (Wildman–Crippen MR) is 91.2 cm³/mol. The summed E-state index contributed by atoms with van der Waals surface area (Å²) in [4.78, 5) is 35.5. The predicted octanol–water partition coefficient (Wildman–Crippen LogP) is 2.19. The van der Waals surface area contributed by atoms with Gasteiger partial charge in [-0.05, 0) is 19.8 Å². The molecule has 2 aliphatic heterocycles. The van der Waals surface area contributed by atoms with E-state index in [9.17, 15) is 19.7 Å². The van der Waals surface area contributed by atoms with Crippen molar-refractivity contribution in [1.82, 2.24) is 5.32 Å². The molecule has 1 fully saturated rings. The summed E-state index contributed by atoms with van der Waals surface area (Å²) >= 11 is 0. The van der Waals surface area contributed by atoms with E-state index >= 15 is 0 Å². The number of ether oxygens (including phenoxy) is 2. The first-order chi connectivity index (χ1) is 12.5. The van der Waals surface area contributed by atoms with Gasteiger partial charge < -0.3 is 14.8 Å². The van der Waals surface area contributed by atoms with Gasteiger partial charge in [0.1, 0.15) is 6.61 Å². The summed E-state index contributed by atoms with van der Waals surface area (Å²) in [5, 5.41) is 14.0. The first-order valence-corrected chi connectivity index (χ1v) is 8.50. The van der Waals surface area contributed by atoms with Crippen molar-refractivity contribution in [2.45, 2.75) is 38.2 Å². The maximum absolute atomic E-state index is 12.7. The van der Waals surface area contributed by atoms with E-state index in [1.54, 1.807) is 25.1 Å². The number of nitrogens with zero attached hydrogens (tertiary/aromatic N) is 1. The van der Waals surface area contributed by atoms with E-state index in [-0.39, 0.29) is 36.3 Å². The second-order valence-electron chi connectivity index (χ2n) is 6.39. The molecule has 138 valence electrons. The number of amides is 1. The zero-order valence-electron chi connectivity index (χ0n) is 14.4. The molecular weight excluding hydrogens is 340 g/mol. The van der Waals surface area contributed by atoms with Crippen molar-refractivity contribution in [1.29, 1.82) is 0 Å². The van der Waals surface area contributed by atoms with E-state index in [1.807, 2.05) is 0 Å². The van der Waals surface area contributed by atoms with Crippen LogP contribution >= 0.6 is 0 Å². The fraction of sp³-hybridized carbons (Fsp3) is 0.444. The highest BCUT2D eigenvalue weighted by Gasteiger charge is 2.36. The Morgan fingerprint density at radius 3 is 2.88 bits per heavy atom. The molecule has 0 saturated carbocycles. The number of esters is 1. The number of carbonyl (C=O) groups is 2. The highest BCUT2D eigenvalue weighted by Crippen LogP contribution is 2.38. The van der Waals surface area contributed by atoms with Crippen LogP contribution in [0, 0.1) is 10.1 Å². The Balaban J connectivity index is 1.89. The fourth-order valence-corrected chi connectivity index (χ4v) is 3.41. The minimum absolute atomic E-state index is 0.0491. The molecule has 26 heavy (non-hydrogen) atoms. The normalized spacial score (nSPS) is 22.9. The Morgan fingerprint density at radius 2 is 2.19 bits per heavy atom. The van der Waals surface area contributed by atoms with Crippen molar-refractivity contribution in [2.75, 3.05) is 13.2 Å². The summed E-state index contributed by atoms with van der Waals surface area (Å²) in [6.45, 7) is 2.38. The van der Waals surface area contributed by atoms with Crippen LogP contribution < -0.4 is 5.32 Å². The highest BCUT2D eigenvalue weighted by molar-refractivity contribution is 5.96. The monoisotopic (exact) mass is 360 g/mol. The number of carbonyl (C=O) groups excluding carboxylic acids is 2. The van der Waals surface area contributed by atoms with E-state index in [2.05, 4.69) is 5.32 Å². The molecule has 0 spiro atoms. The molecular formula is C18H20N2O6. The summed E-state index contributed by atoms with van der Waals surface area (Å²) in [6, 6.07) is 6.14. The van der Waals surface area contributed by atoms with E-state index in [0.29, 0.717) is 17.9 Å². The molecule has 1 aromatic rings. The van der Waals surface area contributed by atoms with Crippen LogP contribution in [0.4, 0.5) is 5.69 Å². The maximum atomic E-state index is 12.7. The lowest BCUT2D eigenvalue weighted by Crippen LogP contribution is -2.35. The van der Waals surface area contributed by atoms with Gasteiger partial charge in [-0.1, -0.05) is 18.2 Å². The molecule has 8 heteroatoms. The van der Waals surface area contributed by atoms with Crippen LogP contribution in [-0.2, 0) is 19.1 Å². The van der Waals surface area contributed by atoms with E-state index in [0.717, 1.165) is 12.8 Å². The third-order valence-electron chi connectivity index (χ3n) is 4.62. The third-order valence-corrected chi connectivity index (χ3v) is 4.62. The Bertz CT molecular complexity index is 767. The van der Waals surface area contributed by atoms with Crippen molar-refractivity contribution in [3.05, 3.63) is 51.2 Å². The summed E-state index contributed by atoms with van der Waals surface area (Å²) in [6.07, 6.45) is 1.59. The number of benzene rings is 1. The van der Waals surface area contributed by atoms with E-state index < -0.39 is 16.8 Å². The molecule has 1 saturated heterocycles. The summed E-state index contributed by atoms with van der Waals surface area (Å²) in [5.41, 5.74) is 0.818. The second-order valence-corrected chi connectivity index (χ2v) is 6.39. The third kappa shape index (κ3) is 3.75. The molecule has 1 aromatic carbocycles. The van der Waals surface area contributed by atoms with Crippen molar-refractivity contribution < 1.29 is 24.0 Å². The lowest BCUT2D eigenvalue weighted by molar-refractivity contribution is -0.385. The Hall–Kier alpha value is -2.74. The molecule has 0 aromatic heterocycles. The van der Waals surface area contributed by atoms with Gasteiger partial charge in [0.25, 0.3) is 5.69 Å². The van der Waals surface area contributed by atoms with Crippen LogP contribution in [0.2, 0.25) is 0 Å². The Kier molecular flexibility index (Phi) is 5.32. The second kappa shape index (κ2) is 7.65. The van der Waals surface area contributed by atoms with Gasteiger partial charge in [-0.2, -0.15) is 0 Å². The zero-order valence-corrected chi connectivity index (χ0v) is 14.4. The number of nitrogens with one attached hydrogen (secondary N) is 1. The number of rotatable bonds is 5. The molecule has 2 heterocycles. The van der Waals surface area contributed by atoms with Crippen molar-refractivity contribution in [3.8, 4) is 0 Å². The largest absolute Gasteiger partial charge is 0.460 e. The summed E-state index contributed by atoms with van der Waals surface area (Å²) in [7, 11) is 0. The number of allylic oxidation sites excluding steroid dienone is 1. The molecule has 8 nitrogen and oxygen atoms in total. The van der Waals surface area contributed by atoms with Gasteiger partial charge in [0, 0.05) is 36.3 Å². The smallest absolute Gasteiger partial charge is 0.336 e. The van der Waals surface area contributed by atoms with Gasteiger partial charge in [0.05, 0.1) is 16.6 Å². The molecule has 0 bridgehead atoms. The lowest BCUT2D eigenvalue weighted by atomic mass is 9.83. The van der Waals surface area contributed by atoms with Crippen molar-refractivity contribution in [2.24, 2.45) is 0 Å². The Morgan fingerprint density at radius 1 is 1.42 bits per heavy atom. The maximum Gasteiger partial charge on any atom is 0.336 e. The first kappa shape index (κ1) is 18.1. The van der Waals surface area contributed by atoms with Gasteiger partial charge >= 0.3 is 5.97 Å². The number of nitro benzene ring substituents is 1. The average molecular weight is 360 g/mol. The molecule has 2 atom stereocenters. The van der Waals surface area contributed by atoms with Gasteiger partial charge in [0.15, 0.2) is 0 Å². The molecule has 0 radical (unpaired) electrons. The van der Waals surface area contributed by atoms with Crippen LogP contribution in [-0.4, -0.2) is 36.1 Å². The quantitative estimate of drug-likeness (QED) is 0.490. The molecule has 1 N–H and O–H groups in total. The molecule has 0 unspecified atom stereocenters. The minimum atomic E-state index is -0.720. The topological polar surface area (TPSA) is 108 Å². The van der Waals surface area contributed by atoms with Crippen LogP contribution in [0.3, 0.4) is 0 Å². The lowest BCUT2D eigenvalue weighted by Gasteiger charge is -2.26. The number of hydrogen-bond acceptors (Lipinski definition) is 6. The number of nitro groups is 1. The van der Waals surface area contributed by atoms with Gasteiger partial charge in [0.2, 0.25) is 5.91 Å². The Labute approximate surface area is 150 Å². The number of para-hydroxylation sites is 1. The fourth-order valence-electron chi connectivity index (χ4n) is 3.41. The molecule has 3 rings (SSSR count). The standard InChI is InChI=1S/C18H20N2O6/c1-11-17(18(22)26-10-12-5-4-8-25-12)14(9-16(21)19-11)13-6-2-3-7-15(13)20(23)24/h2-3,6-7,12,14H,4-5,8-10H2,1H3,(H,19,21)/t12-,14+/m0/s1.